The molecule has 0 bridgehead atoms. The van der Waals surface area contributed by atoms with Crippen molar-refractivity contribution >= 4 is 40.6 Å². The first-order valence-electron chi connectivity index (χ1n) is 11.3. The molecule has 11 nitrogen and oxygen atoms in total. The van der Waals surface area contributed by atoms with E-state index in [0.29, 0.717) is 47.4 Å². The first-order chi connectivity index (χ1) is 16.9. The number of nitrogens with zero attached hydrogens (tertiary/aromatic N) is 7. The number of benzene rings is 1. The highest BCUT2D eigenvalue weighted by molar-refractivity contribution is 6.34. The molecule has 4 N–H and O–H groups in total. The third kappa shape index (κ3) is 4.83. The second-order valence-corrected chi connectivity index (χ2v) is 8.74. The standard InChI is InChI=1S/C23H25ClN10O/c1-3-28-21-22-29-12-16(11-26)34(22)32-23(31-21)30-18-9-14(10-25)8-17(19(18)24)15-4-6-33(7-5-15)13(2)20(27)35/h8-9,12-13,15H,3-7H2,1-2H3,(H2,27,35)(H2,28,30,31,32). The van der Waals surface area contributed by atoms with Gasteiger partial charge < -0.3 is 16.4 Å². The fraction of sp³-hybridized carbons (Fsp3) is 0.391. The molecule has 1 amide bonds. The second-order valence-electron chi connectivity index (χ2n) is 8.36. The summed E-state index contributed by atoms with van der Waals surface area (Å²) >= 11 is 6.82. The number of piperidine rings is 1. The van der Waals surface area contributed by atoms with Crippen LogP contribution in [0.5, 0.6) is 0 Å². The molecular weight excluding hydrogens is 468 g/mol. The summed E-state index contributed by atoms with van der Waals surface area (Å²) in [6.07, 6.45) is 2.99. The molecule has 0 spiro atoms. The Labute approximate surface area is 207 Å². The van der Waals surface area contributed by atoms with E-state index in [2.05, 4.69) is 42.7 Å². The van der Waals surface area contributed by atoms with Crippen molar-refractivity contribution in [2.24, 2.45) is 5.73 Å². The SMILES string of the molecule is CCNc1nc(Nc2cc(C#N)cc(C3CCN(C(C)C(N)=O)CC3)c2Cl)nn2c(C#N)cnc12. The number of amides is 1. The number of nitriles is 2. The van der Waals surface area contributed by atoms with E-state index in [0.717, 1.165) is 18.4 Å². The average Bonchev–Trinajstić information content (AvgIpc) is 3.28. The van der Waals surface area contributed by atoms with Gasteiger partial charge in [-0.05, 0) is 63.4 Å². The molecule has 0 radical (unpaired) electrons. The maximum atomic E-state index is 11.6. The Hall–Kier alpha value is -3.93. The zero-order valence-corrected chi connectivity index (χ0v) is 20.2. The van der Waals surface area contributed by atoms with Gasteiger partial charge in [-0.15, -0.1) is 5.10 Å². The summed E-state index contributed by atoms with van der Waals surface area (Å²) in [5.41, 5.74) is 7.96. The van der Waals surface area contributed by atoms with Gasteiger partial charge in [0.1, 0.15) is 6.07 Å². The molecule has 3 aromatic rings. The number of anilines is 3. The van der Waals surface area contributed by atoms with Crippen LogP contribution in [0.25, 0.3) is 5.65 Å². The van der Waals surface area contributed by atoms with E-state index in [1.165, 1.54) is 10.7 Å². The molecule has 35 heavy (non-hydrogen) atoms. The molecule has 12 heteroatoms. The number of nitrogens with one attached hydrogen (secondary N) is 2. The normalized spacial score (nSPS) is 15.3. The number of halogens is 1. The predicted molar refractivity (Wildman–Crippen MR) is 131 cm³/mol. The number of nitrogens with two attached hydrogens (primary N) is 1. The van der Waals surface area contributed by atoms with Gasteiger partial charge in [-0.3, -0.25) is 9.69 Å². The van der Waals surface area contributed by atoms with Crippen LogP contribution in [-0.2, 0) is 4.79 Å². The summed E-state index contributed by atoms with van der Waals surface area (Å²) in [5.74, 6) is 0.448. The van der Waals surface area contributed by atoms with Crippen molar-refractivity contribution in [2.75, 3.05) is 30.3 Å². The lowest BCUT2D eigenvalue weighted by Crippen LogP contribution is -2.46. The highest BCUT2D eigenvalue weighted by Gasteiger charge is 2.28. The van der Waals surface area contributed by atoms with E-state index in [4.69, 9.17) is 17.3 Å². The van der Waals surface area contributed by atoms with E-state index in [1.54, 1.807) is 6.07 Å². The Balaban J connectivity index is 1.66. The number of carbonyl (C=O) groups excluding carboxylic acids is 1. The Morgan fingerprint density at radius 1 is 1.31 bits per heavy atom. The molecule has 1 aliphatic heterocycles. The van der Waals surface area contributed by atoms with Gasteiger partial charge in [-0.1, -0.05) is 11.6 Å². The van der Waals surface area contributed by atoms with Crippen LogP contribution in [0.3, 0.4) is 0 Å². The Morgan fingerprint density at radius 3 is 2.69 bits per heavy atom. The van der Waals surface area contributed by atoms with E-state index >= 15 is 0 Å². The van der Waals surface area contributed by atoms with Gasteiger partial charge in [0.2, 0.25) is 11.9 Å². The van der Waals surface area contributed by atoms with Gasteiger partial charge in [0.25, 0.3) is 0 Å². The number of hydrogen-bond acceptors (Lipinski definition) is 9. The van der Waals surface area contributed by atoms with Crippen molar-refractivity contribution in [3.8, 4) is 12.1 Å². The topological polar surface area (TPSA) is 161 Å². The van der Waals surface area contributed by atoms with E-state index in [9.17, 15) is 15.3 Å². The number of primary amides is 1. The second kappa shape index (κ2) is 10.1. The van der Waals surface area contributed by atoms with Gasteiger partial charge in [0.05, 0.1) is 34.6 Å². The number of carbonyl (C=O) groups is 1. The predicted octanol–water partition coefficient (Wildman–Crippen LogP) is 2.75. The fourth-order valence-corrected chi connectivity index (χ4v) is 4.60. The van der Waals surface area contributed by atoms with Gasteiger partial charge >= 0.3 is 0 Å². The van der Waals surface area contributed by atoms with Crippen LogP contribution in [0.1, 0.15) is 49.4 Å². The van der Waals surface area contributed by atoms with E-state index in [-0.39, 0.29) is 29.5 Å². The zero-order valence-electron chi connectivity index (χ0n) is 19.4. The number of hydrogen-bond donors (Lipinski definition) is 3. The summed E-state index contributed by atoms with van der Waals surface area (Å²) in [6.45, 7) is 5.74. The molecule has 0 saturated carbocycles. The molecule has 4 rings (SSSR count). The van der Waals surface area contributed by atoms with Crippen molar-refractivity contribution in [2.45, 2.75) is 38.6 Å². The van der Waals surface area contributed by atoms with Crippen LogP contribution in [-0.4, -0.2) is 56.1 Å². The summed E-state index contributed by atoms with van der Waals surface area (Å²) in [6, 6.07) is 7.39. The van der Waals surface area contributed by atoms with Gasteiger partial charge in [0.15, 0.2) is 17.2 Å². The van der Waals surface area contributed by atoms with Crippen LogP contribution >= 0.6 is 11.6 Å². The summed E-state index contributed by atoms with van der Waals surface area (Å²) in [5, 5.41) is 30.2. The lowest BCUT2D eigenvalue weighted by atomic mass is 9.87. The maximum Gasteiger partial charge on any atom is 0.247 e. The number of fused-ring (bicyclic) bond motifs is 1. The molecule has 180 valence electrons. The Bertz CT molecular complexity index is 1350. The molecule has 3 heterocycles. The van der Waals surface area contributed by atoms with Gasteiger partial charge in [0, 0.05) is 6.54 Å². The lowest BCUT2D eigenvalue weighted by molar-refractivity contribution is -0.123. The number of imidazole rings is 1. The summed E-state index contributed by atoms with van der Waals surface area (Å²) in [4.78, 5) is 22.3. The summed E-state index contributed by atoms with van der Waals surface area (Å²) in [7, 11) is 0. The van der Waals surface area contributed by atoms with Crippen LogP contribution < -0.4 is 16.4 Å². The van der Waals surface area contributed by atoms with Crippen LogP contribution in [0.15, 0.2) is 18.3 Å². The van der Waals surface area contributed by atoms with Crippen molar-refractivity contribution in [1.29, 1.82) is 10.5 Å². The third-order valence-corrected chi connectivity index (χ3v) is 6.65. The minimum Gasteiger partial charge on any atom is -0.368 e. The molecule has 1 atom stereocenters. The Morgan fingerprint density at radius 2 is 2.06 bits per heavy atom. The molecule has 1 unspecified atom stereocenters. The largest absolute Gasteiger partial charge is 0.368 e. The fourth-order valence-electron chi connectivity index (χ4n) is 4.29. The minimum absolute atomic E-state index is 0.118. The molecular formula is C23H25ClN10O. The van der Waals surface area contributed by atoms with Crippen molar-refractivity contribution in [3.05, 3.63) is 40.2 Å². The monoisotopic (exact) mass is 492 g/mol. The van der Waals surface area contributed by atoms with Crippen LogP contribution in [0.2, 0.25) is 5.02 Å². The third-order valence-electron chi connectivity index (χ3n) is 6.23. The molecule has 1 saturated heterocycles. The van der Waals surface area contributed by atoms with Gasteiger partial charge in [-0.2, -0.15) is 20.0 Å². The van der Waals surface area contributed by atoms with Crippen LogP contribution in [0, 0.1) is 22.7 Å². The van der Waals surface area contributed by atoms with E-state index < -0.39 is 0 Å². The van der Waals surface area contributed by atoms with Gasteiger partial charge in [-0.25, -0.2) is 4.98 Å². The molecule has 2 aromatic heterocycles. The molecule has 1 fully saturated rings. The van der Waals surface area contributed by atoms with Crippen molar-refractivity contribution in [3.63, 3.8) is 0 Å². The van der Waals surface area contributed by atoms with E-state index in [1.807, 2.05) is 19.9 Å². The first-order valence-corrected chi connectivity index (χ1v) is 11.7. The first kappa shape index (κ1) is 24.2. The quantitative estimate of drug-likeness (QED) is 0.450. The molecule has 0 aliphatic carbocycles. The minimum atomic E-state index is -0.342. The lowest BCUT2D eigenvalue weighted by Gasteiger charge is -2.35. The number of aromatic nitrogens is 4. The average molecular weight is 493 g/mol. The molecule has 1 aliphatic rings. The summed E-state index contributed by atoms with van der Waals surface area (Å²) < 4.78 is 1.41. The Kier molecular flexibility index (Phi) is 7.01. The highest BCUT2D eigenvalue weighted by Crippen LogP contribution is 2.38. The zero-order chi connectivity index (χ0) is 25.1. The van der Waals surface area contributed by atoms with Crippen LogP contribution in [0.4, 0.5) is 17.5 Å². The smallest absolute Gasteiger partial charge is 0.247 e. The number of rotatable bonds is 7. The van der Waals surface area contributed by atoms with Crippen molar-refractivity contribution < 1.29 is 4.79 Å². The van der Waals surface area contributed by atoms with Crippen molar-refractivity contribution in [1.82, 2.24) is 24.5 Å². The highest BCUT2D eigenvalue weighted by atomic mass is 35.5. The number of likely N-dealkylation sites (tertiary alicyclic amines) is 1. The molecule has 1 aromatic carbocycles. The maximum absolute atomic E-state index is 11.6.